The number of aromatic amines is 1. The molecular weight excluding hydrogens is 252 g/mol. The number of non-ortho nitro benzene ring substituents is 2. The van der Waals surface area contributed by atoms with Gasteiger partial charge in [0.25, 0.3) is 11.4 Å². The van der Waals surface area contributed by atoms with E-state index in [1.54, 1.807) is 6.07 Å². The Kier molecular flexibility index (Phi) is 2.18. The van der Waals surface area contributed by atoms with Gasteiger partial charge in [-0.3, -0.25) is 25.3 Å². The molecule has 3 aromatic rings. The molecule has 3 rings (SSSR count). The van der Waals surface area contributed by atoms with Crippen LogP contribution in [0.1, 0.15) is 0 Å². The van der Waals surface area contributed by atoms with E-state index in [0.29, 0.717) is 16.3 Å². The van der Waals surface area contributed by atoms with Crippen molar-refractivity contribution in [1.82, 2.24) is 10.2 Å². The lowest BCUT2D eigenvalue weighted by molar-refractivity contribution is -0.390. The zero-order valence-corrected chi connectivity index (χ0v) is 9.36. The molecule has 94 valence electrons. The Labute approximate surface area is 104 Å². The lowest BCUT2D eigenvalue weighted by Gasteiger charge is -2.02. The summed E-state index contributed by atoms with van der Waals surface area (Å²) in [6.45, 7) is 0. The zero-order chi connectivity index (χ0) is 13.6. The average Bonchev–Trinajstić information content (AvgIpc) is 2.84. The maximum absolute atomic E-state index is 11.1. The Morgan fingerprint density at radius 1 is 1.05 bits per heavy atom. The molecule has 0 amide bonds. The lowest BCUT2D eigenvalue weighted by atomic mass is 10.0. The van der Waals surface area contributed by atoms with Gasteiger partial charge < -0.3 is 0 Å². The minimum atomic E-state index is -0.629. The first-order valence-electron chi connectivity index (χ1n) is 5.27. The Balaban J connectivity index is 2.61. The van der Waals surface area contributed by atoms with Crippen LogP contribution in [-0.4, -0.2) is 20.0 Å². The maximum atomic E-state index is 11.1. The molecule has 8 nitrogen and oxygen atoms in total. The molecule has 1 heterocycles. The number of hydrogen-bond donors (Lipinski definition) is 1. The summed E-state index contributed by atoms with van der Waals surface area (Å²) in [6.07, 6.45) is 1.49. The van der Waals surface area contributed by atoms with Crippen molar-refractivity contribution in [3.63, 3.8) is 0 Å². The van der Waals surface area contributed by atoms with Crippen molar-refractivity contribution in [1.29, 1.82) is 0 Å². The number of H-pyrrole nitrogens is 1. The van der Waals surface area contributed by atoms with Gasteiger partial charge in [0.15, 0.2) is 0 Å². The summed E-state index contributed by atoms with van der Waals surface area (Å²) >= 11 is 0. The van der Waals surface area contributed by atoms with E-state index >= 15 is 0 Å². The highest BCUT2D eigenvalue weighted by molar-refractivity contribution is 6.13. The fourth-order valence-electron chi connectivity index (χ4n) is 2.16. The van der Waals surface area contributed by atoms with E-state index in [-0.39, 0.29) is 16.8 Å². The molecule has 1 aromatic heterocycles. The van der Waals surface area contributed by atoms with E-state index in [1.165, 1.54) is 24.4 Å². The van der Waals surface area contributed by atoms with Gasteiger partial charge in [0.05, 0.1) is 21.6 Å². The predicted molar refractivity (Wildman–Crippen MR) is 66.9 cm³/mol. The van der Waals surface area contributed by atoms with Crippen molar-refractivity contribution in [2.45, 2.75) is 0 Å². The monoisotopic (exact) mass is 258 g/mol. The fourth-order valence-corrected chi connectivity index (χ4v) is 2.16. The third-order valence-electron chi connectivity index (χ3n) is 2.93. The molecule has 0 spiro atoms. The molecule has 0 radical (unpaired) electrons. The summed E-state index contributed by atoms with van der Waals surface area (Å²) in [6, 6.07) is 5.61. The van der Waals surface area contributed by atoms with E-state index in [9.17, 15) is 20.2 Å². The van der Waals surface area contributed by atoms with Crippen molar-refractivity contribution < 1.29 is 9.85 Å². The molecule has 0 unspecified atom stereocenters. The van der Waals surface area contributed by atoms with Crippen LogP contribution in [0, 0.1) is 20.2 Å². The van der Waals surface area contributed by atoms with Gasteiger partial charge in [-0.1, -0.05) is 12.1 Å². The summed E-state index contributed by atoms with van der Waals surface area (Å²) in [7, 11) is 0. The minimum absolute atomic E-state index is 0.0198. The normalized spacial score (nSPS) is 10.9. The molecule has 0 bridgehead atoms. The number of benzene rings is 2. The van der Waals surface area contributed by atoms with Crippen molar-refractivity contribution in [2.75, 3.05) is 0 Å². The highest BCUT2D eigenvalue weighted by Gasteiger charge is 2.24. The second-order valence-corrected chi connectivity index (χ2v) is 3.94. The number of nitrogens with zero attached hydrogens (tertiary/aromatic N) is 3. The van der Waals surface area contributed by atoms with Crippen LogP contribution in [0.2, 0.25) is 0 Å². The number of hydrogen-bond acceptors (Lipinski definition) is 5. The molecule has 1 N–H and O–H groups in total. The first-order valence-corrected chi connectivity index (χ1v) is 5.27. The van der Waals surface area contributed by atoms with Gasteiger partial charge in [0.2, 0.25) is 0 Å². The standard InChI is InChI=1S/C11H6N4O4/c16-14(17)9-3-1-2-6-7-5-12-13-8(7)4-10(11(6)9)15(18)19/h1-5H,(H,12,13). The van der Waals surface area contributed by atoms with Crippen molar-refractivity contribution in [2.24, 2.45) is 0 Å². The van der Waals surface area contributed by atoms with Crippen LogP contribution >= 0.6 is 0 Å². The molecule has 0 aliphatic carbocycles. The number of fused-ring (bicyclic) bond motifs is 3. The van der Waals surface area contributed by atoms with Gasteiger partial charge in [-0.05, 0) is 0 Å². The molecule has 8 heteroatoms. The van der Waals surface area contributed by atoms with Gasteiger partial charge in [-0.2, -0.15) is 5.10 Å². The number of rotatable bonds is 2. The van der Waals surface area contributed by atoms with E-state index in [2.05, 4.69) is 10.2 Å². The van der Waals surface area contributed by atoms with Crippen molar-refractivity contribution in [3.05, 3.63) is 50.7 Å². The summed E-state index contributed by atoms with van der Waals surface area (Å²) in [5.74, 6) is 0. The second-order valence-electron chi connectivity index (χ2n) is 3.94. The van der Waals surface area contributed by atoms with E-state index in [0.717, 1.165) is 0 Å². The topological polar surface area (TPSA) is 115 Å². The summed E-state index contributed by atoms with van der Waals surface area (Å²) in [5.41, 5.74) is -0.119. The van der Waals surface area contributed by atoms with E-state index in [4.69, 9.17) is 0 Å². The van der Waals surface area contributed by atoms with Crippen LogP contribution in [0.25, 0.3) is 21.7 Å². The molecule has 0 saturated heterocycles. The second kappa shape index (κ2) is 3.73. The Hall–Kier alpha value is -3.03. The van der Waals surface area contributed by atoms with Crippen LogP contribution < -0.4 is 0 Å². The molecule has 19 heavy (non-hydrogen) atoms. The molecule has 0 aliphatic rings. The van der Waals surface area contributed by atoms with Gasteiger partial charge >= 0.3 is 0 Å². The predicted octanol–water partition coefficient (Wildman–Crippen LogP) is 2.53. The molecular formula is C11H6N4O4. The number of nitro groups is 2. The first kappa shape index (κ1) is 11.1. The minimum Gasteiger partial charge on any atom is -0.278 e. The third-order valence-corrected chi connectivity index (χ3v) is 2.93. The van der Waals surface area contributed by atoms with Gasteiger partial charge in [0.1, 0.15) is 5.39 Å². The molecule has 0 atom stereocenters. The Morgan fingerprint density at radius 3 is 2.47 bits per heavy atom. The lowest BCUT2D eigenvalue weighted by Crippen LogP contribution is -1.95. The largest absolute Gasteiger partial charge is 0.286 e. The van der Waals surface area contributed by atoms with Crippen LogP contribution in [0.4, 0.5) is 11.4 Å². The van der Waals surface area contributed by atoms with Gasteiger partial charge in [-0.15, -0.1) is 0 Å². The highest BCUT2D eigenvalue weighted by atomic mass is 16.6. The summed E-state index contributed by atoms with van der Waals surface area (Å²) in [5, 5.41) is 29.6. The quantitative estimate of drug-likeness (QED) is 0.560. The van der Waals surface area contributed by atoms with Crippen LogP contribution in [0.5, 0.6) is 0 Å². The average molecular weight is 258 g/mol. The smallest absolute Gasteiger partial charge is 0.278 e. The Morgan fingerprint density at radius 2 is 1.79 bits per heavy atom. The van der Waals surface area contributed by atoms with Crippen LogP contribution in [0.15, 0.2) is 30.5 Å². The zero-order valence-electron chi connectivity index (χ0n) is 9.36. The first-order chi connectivity index (χ1) is 9.09. The molecule has 0 saturated carbocycles. The molecule has 0 fully saturated rings. The Bertz CT molecular complexity index is 839. The fraction of sp³-hybridized carbons (Fsp3) is 0. The number of nitrogens with one attached hydrogen (secondary N) is 1. The summed E-state index contributed by atoms with van der Waals surface area (Å²) < 4.78 is 0. The van der Waals surface area contributed by atoms with Gasteiger partial charge in [-0.25, -0.2) is 0 Å². The van der Waals surface area contributed by atoms with Crippen molar-refractivity contribution in [3.8, 4) is 0 Å². The van der Waals surface area contributed by atoms with Gasteiger partial charge in [0, 0.05) is 22.9 Å². The SMILES string of the molecule is O=[N+]([O-])c1cccc2c1c([N+](=O)[O-])cc1[nH]ncc12. The molecule has 2 aromatic carbocycles. The maximum Gasteiger partial charge on any atom is 0.286 e. The van der Waals surface area contributed by atoms with Crippen molar-refractivity contribution >= 4 is 33.1 Å². The van der Waals surface area contributed by atoms with Crippen LogP contribution in [0.3, 0.4) is 0 Å². The van der Waals surface area contributed by atoms with E-state index < -0.39 is 9.85 Å². The molecule has 0 aliphatic heterocycles. The number of nitro benzene ring substituents is 2. The van der Waals surface area contributed by atoms with E-state index in [1.807, 2.05) is 0 Å². The third kappa shape index (κ3) is 1.50. The van der Waals surface area contributed by atoms with Crippen LogP contribution in [-0.2, 0) is 0 Å². The highest BCUT2D eigenvalue weighted by Crippen LogP contribution is 2.37. The number of aromatic nitrogens is 2. The summed E-state index contributed by atoms with van der Waals surface area (Å²) in [4.78, 5) is 20.9.